The lowest BCUT2D eigenvalue weighted by Crippen LogP contribution is -2.23. The Kier molecular flexibility index (Phi) is 7.59. The van der Waals surface area contributed by atoms with Crippen molar-refractivity contribution in [1.29, 1.82) is 0 Å². The quantitative estimate of drug-likeness (QED) is 0.468. The third-order valence-corrected chi connectivity index (χ3v) is 5.84. The Morgan fingerprint density at radius 3 is 2.00 bits per heavy atom. The van der Waals surface area contributed by atoms with Gasteiger partial charge in [0.2, 0.25) is 0 Å². The Hall–Kier alpha value is -4.25. The standard InChI is InChI=1S/C23H19FN2O7S/c1-32-22(28)17-6-2-4-8-19(17)25-21(27)14-33-23(29)18-7-3-5-9-20(18)26-34(30,31)16-12-10-15(24)11-13-16/h2-13,26H,14H2,1H3,(H,25,27). The predicted molar refractivity (Wildman–Crippen MR) is 120 cm³/mol. The molecule has 11 heteroatoms. The van der Waals surface area contributed by atoms with Gasteiger partial charge in [-0.2, -0.15) is 0 Å². The van der Waals surface area contributed by atoms with E-state index in [0.29, 0.717) is 0 Å². The van der Waals surface area contributed by atoms with Crippen LogP contribution in [-0.2, 0) is 24.3 Å². The molecule has 0 spiro atoms. The molecule has 0 saturated carbocycles. The van der Waals surface area contributed by atoms with Crippen LogP contribution in [0.1, 0.15) is 20.7 Å². The molecule has 9 nitrogen and oxygen atoms in total. The van der Waals surface area contributed by atoms with Crippen LogP contribution in [0.5, 0.6) is 0 Å². The molecule has 2 N–H and O–H groups in total. The van der Waals surface area contributed by atoms with E-state index in [-0.39, 0.29) is 27.4 Å². The van der Waals surface area contributed by atoms with Gasteiger partial charge in [0.1, 0.15) is 5.82 Å². The van der Waals surface area contributed by atoms with Crippen molar-refractivity contribution in [2.45, 2.75) is 4.90 Å². The second-order valence-corrected chi connectivity index (χ2v) is 8.45. The zero-order valence-corrected chi connectivity index (χ0v) is 18.6. The van der Waals surface area contributed by atoms with Crippen LogP contribution in [0.2, 0.25) is 0 Å². The molecule has 0 aliphatic heterocycles. The first kappa shape index (κ1) is 24.4. The highest BCUT2D eigenvalue weighted by Crippen LogP contribution is 2.21. The lowest BCUT2D eigenvalue weighted by Gasteiger charge is -2.13. The van der Waals surface area contributed by atoms with Crippen molar-refractivity contribution in [2.75, 3.05) is 23.8 Å². The fourth-order valence-electron chi connectivity index (χ4n) is 2.84. The monoisotopic (exact) mass is 486 g/mol. The molecule has 0 heterocycles. The van der Waals surface area contributed by atoms with Crippen molar-refractivity contribution in [3.63, 3.8) is 0 Å². The van der Waals surface area contributed by atoms with E-state index in [4.69, 9.17) is 4.74 Å². The average Bonchev–Trinajstić information content (AvgIpc) is 2.83. The van der Waals surface area contributed by atoms with E-state index in [2.05, 4.69) is 14.8 Å². The number of ether oxygens (including phenoxy) is 2. The van der Waals surface area contributed by atoms with Crippen LogP contribution in [0.15, 0.2) is 77.7 Å². The molecule has 0 unspecified atom stereocenters. The molecule has 3 aromatic carbocycles. The second-order valence-electron chi connectivity index (χ2n) is 6.77. The van der Waals surface area contributed by atoms with Gasteiger partial charge in [-0.05, 0) is 48.5 Å². The van der Waals surface area contributed by atoms with Gasteiger partial charge < -0.3 is 14.8 Å². The summed E-state index contributed by atoms with van der Waals surface area (Å²) < 4.78 is 50.2. The number of carbonyl (C=O) groups excluding carboxylic acids is 3. The number of benzene rings is 3. The summed E-state index contributed by atoms with van der Waals surface area (Å²) in [5.41, 5.74) is 0.0531. The van der Waals surface area contributed by atoms with E-state index in [1.807, 2.05) is 0 Å². The predicted octanol–water partition coefficient (Wildman–Crippen LogP) is 3.21. The fraction of sp³-hybridized carbons (Fsp3) is 0.0870. The van der Waals surface area contributed by atoms with E-state index in [1.165, 1.54) is 43.5 Å². The Bertz CT molecular complexity index is 1330. The van der Waals surface area contributed by atoms with Gasteiger partial charge in [-0.1, -0.05) is 24.3 Å². The summed E-state index contributed by atoms with van der Waals surface area (Å²) in [5.74, 6) is -2.95. The summed E-state index contributed by atoms with van der Waals surface area (Å²) in [6.45, 7) is -0.701. The number of nitrogens with one attached hydrogen (secondary N) is 2. The summed E-state index contributed by atoms with van der Waals surface area (Å²) in [5, 5.41) is 2.45. The summed E-state index contributed by atoms with van der Waals surface area (Å²) >= 11 is 0. The van der Waals surface area contributed by atoms with Gasteiger partial charge in [-0.25, -0.2) is 22.4 Å². The maximum Gasteiger partial charge on any atom is 0.340 e. The Morgan fingerprint density at radius 1 is 0.824 bits per heavy atom. The maximum atomic E-state index is 13.1. The highest BCUT2D eigenvalue weighted by atomic mass is 32.2. The lowest BCUT2D eigenvalue weighted by atomic mass is 10.2. The third kappa shape index (κ3) is 5.95. The fourth-order valence-corrected chi connectivity index (χ4v) is 3.92. The molecule has 1 amide bonds. The Morgan fingerprint density at radius 2 is 1.38 bits per heavy atom. The van der Waals surface area contributed by atoms with Gasteiger partial charge in [-0.15, -0.1) is 0 Å². The molecule has 0 atom stereocenters. The largest absolute Gasteiger partial charge is 0.465 e. The van der Waals surface area contributed by atoms with Crippen LogP contribution in [0.3, 0.4) is 0 Å². The normalized spacial score (nSPS) is 10.8. The van der Waals surface area contributed by atoms with Gasteiger partial charge >= 0.3 is 11.9 Å². The minimum Gasteiger partial charge on any atom is -0.465 e. The van der Waals surface area contributed by atoms with Crippen LogP contribution < -0.4 is 10.0 Å². The first-order chi connectivity index (χ1) is 16.2. The van der Waals surface area contributed by atoms with Crippen LogP contribution in [-0.4, -0.2) is 40.0 Å². The van der Waals surface area contributed by atoms with Crippen molar-refractivity contribution in [3.8, 4) is 0 Å². The van der Waals surface area contributed by atoms with E-state index < -0.39 is 40.3 Å². The molecule has 3 rings (SSSR count). The minimum atomic E-state index is -4.12. The number of anilines is 2. The van der Waals surface area contributed by atoms with Crippen LogP contribution in [0.4, 0.5) is 15.8 Å². The highest BCUT2D eigenvalue weighted by Gasteiger charge is 2.20. The smallest absolute Gasteiger partial charge is 0.340 e. The van der Waals surface area contributed by atoms with Crippen molar-refractivity contribution in [1.82, 2.24) is 0 Å². The number of sulfonamides is 1. The van der Waals surface area contributed by atoms with E-state index >= 15 is 0 Å². The van der Waals surface area contributed by atoms with Crippen molar-refractivity contribution in [3.05, 3.63) is 89.7 Å². The highest BCUT2D eigenvalue weighted by molar-refractivity contribution is 7.92. The maximum absolute atomic E-state index is 13.1. The molecular formula is C23H19FN2O7S. The molecule has 0 aliphatic rings. The summed E-state index contributed by atoms with van der Waals surface area (Å²) in [6.07, 6.45) is 0. The summed E-state index contributed by atoms with van der Waals surface area (Å²) in [6, 6.07) is 15.9. The van der Waals surface area contributed by atoms with Gasteiger partial charge in [0.25, 0.3) is 15.9 Å². The Labute approximate surface area is 194 Å². The van der Waals surface area contributed by atoms with Crippen LogP contribution in [0, 0.1) is 5.82 Å². The second kappa shape index (κ2) is 10.6. The molecule has 0 fully saturated rings. The summed E-state index contributed by atoms with van der Waals surface area (Å²) in [7, 11) is -2.92. The topological polar surface area (TPSA) is 128 Å². The van der Waals surface area contributed by atoms with Gasteiger partial charge in [0.15, 0.2) is 6.61 Å². The molecule has 0 bridgehead atoms. The number of amides is 1. The third-order valence-electron chi connectivity index (χ3n) is 4.46. The van der Waals surface area contributed by atoms with Gasteiger partial charge in [-0.3, -0.25) is 9.52 Å². The Balaban J connectivity index is 1.69. The lowest BCUT2D eigenvalue weighted by molar-refractivity contribution is -0.119. The van der Waals surface area contributed by atoms with Crippen LogP contribution >= 0.6 is 0 Å². The number of rotatable bonds is 8. The number of hydrogen-bond acceptors (Lipinski definition) is 7. The molecule has 0 radical (unpaired) electrons. The number of esters is 2. The molecular weight excluding hydrogens is 467 g/mol. The van der Waals surface area contributed by atoms with Crippen molar-refractivity contribution in [2.24, 2.45) is 0 Å². The first-order valence-electron chi connectivity index (χ1n) is 9.73. The average molecular weight is 486 g/mol. The SMILES string of the molecule is COC(=O)c1ccccc1NC(=O)COC(=O)c1ccccc1NS(=O)(=O)c1ccc(F)cc1. The molecule has 0 saturated heterocycles. The van der Waals surface area contributed by atoms with Crippen molar-refractivity contribution < 1.29 is 36.7 Å². The molecule has 0 aliphatic carbocycles. The molecule has 34 heavy (non-hydrogen) atoms. The van der Waals surface area contributed by atoms with E-state index in [1.54, 1.807) is 12.1 Å². The number of methoxy groups -OCH3 is 1. The van der Waals surface area contributed by atoms with E-state index in [0.717, 1.165) is 24.3 Å². The molecule has 3 aromatic rings. The summed E-state index contributed by atoms with van der Waals surface area (Å²) in [4.78, 5) is 36.4. The van der Waals surface area contributed by atoms with Gasteiger partial charge in [0, 0.05) is 0 Å². The van der Waals surface area contributed by atoms with Crippen molar-refractivity contribution >= 4 is 39.2 Å². The molecule has 0 aromatic heterocycles. The number of carbonyl (C=O) groups is 3. The zero-order valence-electron chi connectivity index (χ0n) is 17.8. The molecule has 176 valence electrons. The van der Waals surface area contributed by atoms with Gasteiger partial charge in [0.05, 0.1) is 34.5 Å². The number of halogens is 1. The number of para-hydroxylation sites is 2. The zero-order chi connectivity index (χ0) is 24.7. The first-order valence-corrected chi connectivity index (χ1v) is 11.2. The van der Waals surface area contributed by atoms with Crippen LogP contribution in [0.25, 0.3) is 0 Å². The van der Waals surface area contributed by atoms with E-state index in [9.17, 15) is 27.2 Å². The number of hydrogen-bond donors (Lipinski definition) is 2. The minimum absolute atomic E-state index is 0.0896.